The molecule has 0 saturated heterocycles. The monoisotopic (exact) mass is 300 g/mol. The zero-order chi connectivity index (χ0) is 16.6. The second kappa shape index (κ2) is 6.03. The van der Waals surface area contributed by atoms with Crippen LogP contribution in [0.4, 0.5) is 4.53 Å². The molecule has 0 N–H and O–H groups in total. The third-order valence-corrected chi connectivity index (χ3v) is 4.62. The van der Waals surface area contributed by atoms with E-state index in [1.807, 2.05) is 33.8 Å². The summed E-state index contributed by atoms with van der Waals surface area (Å²) < 4.78 is 18.2. The molecule has 0 aliphatic rings. The minimum absolute atomic E-state index is 0.320. The lowest BCUT2D eigenvalue weighted by Crippen LogP contribution is -2.00. The van der Waals surface area contributed by atoms with Crippen LogP contribution in [0.3, 0.4) is 0 Å². The summed E-state index contributed by atoms with van der Waals surface area (Å²) in [4.78, 5) is 4.04. The molecule has 2 rings (SSSR count). The van der Waals surface area contributed by atoms with Crippen LogP contribution in [0.2, 0.25) is 0 Å². The Morgan fingerprint density at radius 2 is 1.14 bits per heavy atom. The Morgan fingerprint density at radius 1 is 0.727 bits per heavy atom. The van der Waals surface area contributed by atoms with Gasteiger partial charge in [-0.05, 0) is 98.2 Å². The highest BCUT2D eigenvalue weighted by Gasteiger charge is 2.17. The van der Waals surface area contributed by atoms with Gasteiger partial charge in [0.15, 0.2) is 5.75 Å². The quantitative estimate of drug-likeness (QED) is 0.782. The highest BCUT2D eigenvalue weighted by molar-refractivity contribution is 6.00. The topological polar surface area (TPSA) is 18.5 Å². The van der Waals surface area contributed by atoms with Crippen LogP contribution < -0.4 is 9.60 Å². The second-order valence-corrected chi connectivity index (χ2v) is 5.92. The van der Waals surface area contributed by atoms with Gasteiger partial charge in [-0.3, -0.25) is 4.94 Å². The van der Waals surface area contributed by atoms with Gasteiger partial charge in [-0.2, -0.15) is 0 Å². The first-order chi connectivity index (χ1) is 10.3. The number of hydrogen-bond donors (Lipinski definition) is 0. The predicted octanol–water partition coefficient (Wildman–Crippen LogP) is 4.39. The first-order valence-electron chi connectivity index (χ1n) is 7.38. The van der Waals surface area contributed by atoms with E-state index in [0.717, 1.165) is 44.7 Å². The summed E-state index contributed by atoms with van der Waals surface area (Å²) in [6.07, 6.45) is 0. The molecule has 22 heavy (non-hydrogen) atoms. The molecule has 0 aromatic heterocycles. The first-order valence-corrected chi connectivity index (χ1v) is 7.38. The van der Waals surface area contributed by atoms with Gasteiger partial charge in [0.1, 0.15) is 5.75 Å². The smallest absolute Gasteiger partial charge is 0.322 e. The van der Waals surface area contributed by atoms with Crippen molar-refractivity contribution in [2.24, 2.45) is 0 Å². The molecule has 0 aliphatic carbocycles. The van der Waals surface area contributed by atoms with Crippen LogP contribution in [0.5, 0.6) is 11.5 Å². The van der Waals surface area contributed by atoms with Gasteiger partial charge >= 0.3 is 8.05 Å². The van der Waals surface area contributed by atoms with Gasteiger partial charge in [-0.1, -0.05) is 0 Å². The normalized spacial score (nSPS) is 10.7. The van der Waals surface area contributed by atoms with Crippen LogP contribution in [-0.2, 0) is 0 Å². The van der Waals surface area contributed by atoms with Crippen LogP contribution >= 0.6 is 0 Å². The Labute approximate surface area is 132 Å². The summed E-state index contributed by atoms with van der Waals surface area (Å²) in [7, 11) is 1.70. The molecule has 2 aromatic rings. The third-order valence-electron chi connectivity index (χ3n) is 4.62. The molecule has 0 aliphatic heterocycles. The van der Waals surface area contributed by atoms with Gasteiger partial charge < -0.3 is 4.65 Å². The summed E-state index contributed by atoms with van der Waals surface area (Å²) in [6, 6.07) is 4.13. The summed E-state index contributed by atoms with van der Waals surface area (Å²) in [5, 5.41) is 0. The van der Waals surface area contributed by atoms with Crippen molar-refractivity contribution in [1.82, 2.24) is 0 Å². The van der Waals surface area contributed by atoms with Gasteiger partial charge in [-0.25, -0.2) is 0 Å². The van der Waals surface area contributed by atoms with Crippen molar-refractivity contribution >= 4 is 8.05 Å². The maximum atomic E-state index is 12.8. The van der Waals surface area contributed by atoms with Crippen LogP contribution in [0.1, 0.15) is 33.4 Å². The number of aryl methyl sites for hydroxylation is 2. The lowest BCUT2D eigenvalue weighted by Gasteiger charge is -2.19. The number of hydrogen-bond acceptors (Lipinski definition) is 2. The predicted molar refractivity (Wildman–Crippen MR) is 91.2 cm³/mol. The lowest BCUT2D eigenvalue weighted by atomic mass is 9.88. The standard InChI is InChI=1S/C18H22BFO2/c1-9-7-15(11(3)13(5)17(9)21-19)16-8-10(2)18(22-20)14(6)12(16)4/h7-8H,19H2,1-6H3. The van der Waals surface area contributed by atoms with E-state index in [1.54, 1.807) is 8.05 Å². The highest BCUT2D eigenvalue weighted by atomic mass is 19.3. The molecule has 0 spiro atoms. The highest BCUT2D eigenvalue weighted by Crippen LogP contribution is 2.39. The minimum Gasteiger partial charge on any atom is -0.568 e. The third kappa shape index (κ3) is 2.47. The Hall–Kier alpha value is -1.97. The van der Waals surface area contributed by atoms with E-state index in [-0.39, 0.29) is 0 Å². The molecule has 2 aromatic carbocycles. The van der Waals surface area contributed by atoms with Crippen molar-refractivity contribution < 1.29 is 14.1 Å². The van der Waals surface area contributed by atoms with Gasteiger partial charge in [0.2, 0.25) is 0 Å². The van der Waals surface area contributed by atoms with Crippen molar-refractivity contribution in [1.29, 1.82) is 0 Å². The maximum Gasteiger partial charge on any atom is 0.322 e. The first kappa shape index (κ1) is 16.4. The van der Waals surface area contributed by atoms with Gasteiger partial charge in [0, 0.05) is 4.53 Å². The Kier molecular flexibility index (Phi) is 4.50. The zero-order valence-electron chi connectivity index (χ0n) is 14.3. The summed E-state index contributed by atoms with van der Waals surface area (Å²) in [6.45, 7) is 12.0. The lowest BCUT2D eigenvalue weighted by molar-refractivity contribution is -0.00787. The Morgan fingerprint density at radius 3 is 1.55 bits per heavy atom. The number of rotatable bonds is 3. The number of benzene rings is 2. The molecule has 0 fully saturated rings. The molecular formula is C18H22BFO2. The zero-order valence-corrected chi connectivity index (χ0v) is 14.3. The molecule has 0 saturated carbocycles. The summed E-state index contributed by atoms with van der Waals surface area (Å²) >= 11 is 0. The average Bonchev–Trinajstić information content (AvgIpc) is 2.48. The molecule has 0 heterocycles. The van der Waals surface area contributed by atoms with Crippen LogP contribution in [0, 0.1) is 41.5 Å². The van der Waals surface area contributed by atoms with E-state index >= 15 is 0 Å². The van der Waals surface area contributed by atoms with Crippen molar-refractivity contribution in [2.45, 2.75) is 41.5 Å². The largest absolute Gasteiger partial charge is 0.568 e. The molecule has 116 valence electrons. The van der Waals surface area contributed by atoms with Crippen LogP contribution in [0.15, 0.2) is 12.1 Å². The molecule has 0 atom stereocenters. The fourth-order valence-corrected chi connectivity index (χ4v) is 3.11. The van der Waals surface area contributed by atoms with E-state index in [9.17, 15) is 4.53 Å². The fraction of sp³-hybridized carbons (Fsp3) is 0.333. The number of halogens is 1. The molecule has 0 bridgehead atoms. The SMILES string of the molecule is BOc1c(C)cc(-c2cc(C)c(OF)c(C)c2C)c(C)c1C. The molecule has 2 nitrogen and oxygen atoms in total. The van der Waals surface area contributed by atoms with E-state index in [4.69, 9.17) is 4.65 Å². The second-order valence-electron chi connectivity index (χ2n) is 5.92. The van der Waals surface area contributed by atoms with Gasteiger partial charge in [0.05, 0.1) is 0 Å². The molecule has 4 heteroatoms. The van der Waals surface area contributed by atoms with E-state index in [1.165, 1.54) is 5.56 Å². The Bertz CT molecular complexity index is 675. The molecule has 0 radical (unpaired) electrons. The van der Waals surface area contributed by atoms with Crippen molar-refractivity contribution in [2.75, 3.05) is 0 Å². The van der Waals surface area contributed by atoms with Crippen molar-refractivity contribution in [3.05, 3.63) is 45.5 Å². The summed E-state index contributed by atoms with van der Waals surface area (Å²) in [5.74, 6) is 1.25. The van der Waals surface area contributed by atoms with E-state index < -0.39 is 0 Å². The van der Waals surface area contributed by atoms with E-state index in [0.29, 0.717) is 5.75 Å². The van der Waals surface area contributed by atoms with Gasteiger partial charge in [-0.15, -0.1) is 0 Å². The average molecular weight is 300 g/mol. The Balaban J connectivity index is 2.78. The minimum atomic E-state index is 0.320. The summed E-state index contributed by atoms with van der Waals surface area (Å²) in [5.41, 5.74) is 8.35. The molecular weight excluding hydrogens is 278 g/mol. The van der Waals surface area contributed by atoms with Crippen LogP contribution in [0.25, 0.3) is 11.1 Å². The van der Waals surface area contributed by atoms with E-state index in [2.05, 4.69) is 24.9 Å². The molecule has 0 amide bonds. The molecule has 0 unspecified atom stereocenters. The van der Waals surface area contributed by atoms with Crippen LogP contribution in [-0.4, -0.2) is 8.05 Å². The van der Waals surface area contributed by atoms with Crippen molar-refractivity contribution in [3.8, 4) is 22.6 Å². The maximum absolute atomic E-state index is 12.8. The van der Waals surface area contributed by atoms with Crippen molar-refractivity contribution in [3.63, 3.8) is 0 Å². The van der Waals surface area contributed by atoms with Gasteiger partial charge in [0.25, 0.3) is 0 Å². The fourth-order valence-electron chi connectivity index (χ4n) is 3.11.